The van der Waals surface area contributed by atoms with E-state index < -0.39 is 15.9 Å². The summed E-state index contributed by atoms with van der Waals surface area (Å²) in [6.45, 7) is 4.58. The van der Waals surface area contributed by atoms with Crippen molar-refractivity contribution in [3.8, 4) is 0 Å². The van der Waals surface area contributed by atoms with Crippen LogP contribution in [-0.2, 0) is 10.0 Å². The van der Waals surface area contributed by atoms with E-state index in [0.29, 0.717) is 17.1 Å². The smallest absolute Gasteiger partial charge is 0.269 e. The molecule has 150 valence electrons. The molecular weight excluding hydrogens is 422 g/mol. The number of amides is 1. The quantitative estimate of drug-likeness (QED) is 0.633. The lowest BCUT2D eigenvalue weighted by Crippen LogP contribution is -2.47. The van der Waals surface area contributed by atoms with Crippen LogP contribution >= 0.6 is 22.9 Å². The van der Waals surface area contributed by atoms with Gasteiger partial charge in [0.25, 0.3) is 15.9 Å². The van der Waals surface area contributed by atoms with Gasteiger partial charge in [-0.1, -0.05) is 11.6 Å². The summed E-state index contributed by atoms with van der Waals surface area (Å²) >= 11 is 7.15. The number of anilines is 1. The van der Waals surface area contributed by atoms with Gasteiger partial charge in [-0.25, -0.2) is 17.7 Å². The Balaban J connectivity index is 1.22. The number of rotatable bonds is 6. The maximum Gasteiger partial charge on any atom is 0.269 e. The second-order valence-electron chi connectivity index (χ2n) is 6.77. The van der Waals surface area contributed by atoms with Gasteiger partial charge in [0.05, 0.1) is 18.0 Å². The summed E-state index contributed by atoms with van der Waals surface area (Å²) in [6, 6.07) is 0. The molecule has 0 spiro atoms. The molecule has 2 aliphatic rings. The molecule has 8 nitrogen and oxygen atoms in total. The minimum Gasteiger partial charge on any atom is -0.353 e. The standard InChI is InChI=1S/C17H20ClN5O3S2/c18-15-9-19-10-16(20-15)22-7-5-21(6-8-22)3-1-2-4-23-17(24)13-11-27-12-14(13)28(23,25)26/h9-12H,1-8H2. The van der Waals surface area contributed by atoms with E-state index >= 15 is 0 Å². The molecule has 0 unspecified atom stereocenters. The zero-order chi connectivity index (χ0) is 19.7. The molecule has 0 aliphatic carbocycles. The molecule has 0 bridgehead atoms. The van der Waals surface area contributed by atoms with Gasteiger partial charge in [-0.2, -0.15) is 11.3 Å². The van der Waals surface area contributed by atoms with Crippen molar-refractivity contribution < 1.29 is 13.2 Å². The Morgan fingerprint density at radius 1 is 1.07 bits per heavy atom. The molecule has 4 rings (SSSR count). The Morgan fingerprint density at radius 2 is 1.82 bits per heavy atom. The number of carbonyl (C=O) groups is 1. The molecule has 0 atom stereocenters. The van der Waals surface area contributed by atoms with Crippen LogP contribution in [0.1, 0.15) is 23.2 Å². The SMILES string of the molecule is O=C1c2cscc2S(=O)(=O)N1CCCCN1CCN(c2cncc(Cl)n2)CC1. The van der Waals surface area contributed by atoms with Crippen molar-refractivity contribution in [3.05, 3.63) is 33.9 Å². The summed E-state index contributed by atoms with van der Waals surface area (Å²) in [5.41, 5.74) is 0.310. The van der Waals surface area contributed by atoms with E-state index in [1.165, 1.54) is 22.9 Å². The minimum absolute atomic E-state index is 0.155. The number of halogens is 1. The average Bonchev–Trinajstić information content (AvgIpc) is 3.24. The zero-order valence-corrected chi connectivity index (χ0v) is 17.5. The third-order valence-corrected chi connectivity index (χ3v) is 7.92. The van der Waals surface area contributed by atoms with Crippen molar-refractivity contribution in [3.63, 3.8) is 0 Å². The van der Waals surface area contributed by atoms with Crippen LogP contribution < -0.4 is 4.90 Å². The fourth-order valence-electron chi connectivity index (χ4n) is 3.50. The van der Waals surface area contributed by atoms with Crippen molar-refractivity contribution >= 4 is 44.7 Å². The summed E-state index contributed by atoms with van der Waals surface area (Å²) in [5.74, 6) is 0.393. The second kappa shape index (κ2) is 7.94. The fraction of sp³-hybridized carbons (Fsp3) is 0.471. The molecule has 1 saturated heterocycles. The number of unbranched alkanes of at least 4 members (excludes halogenated alkanes) is 1. The highest BCUT2D eigenvalue weighted by atomic mass is 35.5. The number of sulfonamides is 1. The first-order valence-corrected chi connectivity index (χ1v) is 11.8. The van der Waals surface area contributed by atoms with Crippen LogP contribution in [0.2, 0.25) is 5.15 Å². The molecule has 1 amide bonds. The Labute approximate surface area is 172 Å². The van der Waals surface area contributed by atoms with Crippen molar-refractivity contribution in [2.24, 2.45) is 0 Å². The van der Waals surface area contributed by atoms with E-state index in [-0.39, 0.29) is 11.4 Å². The molecule has 2 aliphatic heterocycles. The summed E-state index contributed by atoms with van der Waals surface area (Å²) in [7, 11) is -3.65. The Bertz CT molecular complexity index is 973. The van der Waals surface area contributed by atoms with Gasteiger partial charge in [0.1, 0.15) is 15.9 Å². The molecule has 4 heterocycles. The summed E-state index contributed by atoms with van der Waals surface area (Å²) in [4.78, 5) is 25.3. The Hall–Kier alpha value is -1.75. The topological polar surface area (TPSA) is 86.7 Å². The van der Waals surface area contributed by atoms with Crippen molar-refractivity contribution in [2.45, 2.75) is 17.7 Å². The van der Waals surface area contributed by atoms with Crippen LogP contribution in [-0.4, -0.2) is 72.8 Å². The van der Waals surface area contributed by atoms with Crippen LogP contribution in [0.4, 0.5) is 5.82 Å². The lowest BCUT2D eigenvalue weighted by molar-refractivity contribution is 0.0869. The van der Waals surface area contributed by atoms with Gasteiger partial charge in [0.15, 0.2) is 0 Å². The monoisotopic (exact) mass is 441 g/mol. The molecular formula is C17H20ClN5O3S2. The first-order valence-electron chi connectivity index (χ1n) is 9.05. The van der Waals surface area contributed by atoms with Crippen LogP contribution in [0.5, 0.6) is 0 Å². The number of hydrogen-bond donors (Lipinski definition) is 0. The molecule has 1 fully saturated rings. The molecule has 11 heteroatoms. The fourth-order valence-corrected chi connectivity index (χ4v) is 6.40. The number of nitrogens with zero attached hydrogens (tertiary/aromatic N) is 5. The van der Waals surface area contributed by atoms with Crippen LogP contribution in [0.25, 0.3) is 0 Å². The van der Waals surface area contributed by atoms with E-state index in [1.807, 2.05) is 0 Å². The predicted molar refractivity (Wildman–Crippen MR) is 107 cm³/mol. The van der Waals surface area contributed by atoms with Crippen LogP contribution in [0.3, 0.4) is 0 Å². The maximum absolute atomic E-state index is 12.4. The molecule has 2 aromatic heterocycles. The van der Waals surface area contributed by atoms with Crippen LogP contribution in [0.15, 0.2) is 28.0 Å². The van der Waals surface area contributed by atoms with Crippen molar-refractivity contribution in [1.29, 1.82) is 0 Å². The molecule has 2 aromatic rings. The van der Waals surface area contributed by atoms with Gasteiger partial charge in [-0.05, 0) is 19.4 Å². The van der Waals surface area contributed by atoms with E-state index in [4.69, 9.17) is 11.6 Å². The number of aromatic nitrogens is 2. The number of fused-ring (bicyclic) bond motifs is 1. The third-order valence-electron chi connectivity index (χ3n) is 5.03. The molecule has 0 aromatic carbocycles. The number of hydrogen-bond acceptors (Lipinski definition) is 8. The maximum atomic E-state index is 12.4. The Morgan fingerprint density at radius 3 is 2.54 bits per heavy atom. The van der Waals surface area contributed by atoms with Crippen molar-refractivity contribution in [1.82, 2.24) is 19.2 Å². The van der Waals surface area contributed by atoms with Gasteiger partial charge in [0, 0.05) is 43.5 Å². The number of thiophene rings is 1. The van der Waals surface area contributed by atoms with E-state index in [0.717, 1.165) is 49.3 Å². The minimum atomic E-state index is -3.65. The van der Waals surface area contributed by atoms with Gasteiger partial charge < -0.3 is 4.90 Å². The Kier molecular flexibility index (Phi) is 5.55. The van der Waals surface area contributed by atoms with E-state index in [2.05, 4.69) is 19.8 Å². The van der Waals surface area contributed by atoms with Crippen LogP contribution in [0, 0.1) is 0 Å². The van der Waals surface area contributed by atoms with Crippen molar-refractivity contribution in [2.75, 3.05) is 44.2 Å². The number of carbonyl (C=O) groups excluding carboxylic acids is 1. The lowest BCUT2D eigenvalue weighted by Gasteiger charge is -2.35. The normalized spacial score (nSPS) is 19.2. The largest absolute Gasteiger partial charge is 0.353 e. The van der Waals surface area contributed by atoms with Gasteiger partial charge >= 0.3 is 0 Å². The molecule has 28 heavy (non-hydrogen) atoms. The highest BCUT2D eigenvalue weighted by molar-refractivity contribution is 7.90. The average molecular weight is 442 g/mol. The first-order chi connectivity index (χ1) is 13.5. The third kappa shape index (κ3) is 3.73. The predicted octanol–water partition coefficient (Wildman–Crippen LogP) is 1.94. The summed E-state index contributed by atoms with van der Waals surface area (Å²) in [5, 5.41) is 3.53. The number of piperazine rings is 1. The molecule has 0 N–H and O–H groups in total. The zero-order valence-electron chi connectivity index (χ0n) is 15.1. The van der Waals surface area contributed by atoms with Gasteiger partial charge in [-0.15, -0.1) is 0 Å². The summed E-state index contributed by atoms with van der Waals surface area (Å²) in [6.07, 6.45) is 4.72. The lowest BCUT2D eigenvalue weighted by atomic mass is 10.2. The van der Waals surface area contributed by atoms with Gasteiger partial charge in [0.2, 0.25) is 0 Å². The van der Waals surface area contributed by atoms with Gasteiger partial charge in [-0.3, -0.25) is 14.7 Å². The molecule has 0 saturated carbocycles. The first kappa shape index (κ1) is 19.6. The second-order valence-corrected chi connectivity index (χ2v) is 9.73. The molecule has 0 radical (unpaired) electrons. The highest BCUT2D eigenvalue weighted by Crippen LogP contribution is 2.33. The van der Waals surface area contributed by atoms with E-state index in [1.54, 1.807) is 11.6 Å². The summed E-state index contributed by atoms with van der Waals surface area (Å²) < 4.78 is 25.9. The highest BCUT2D eigenvalue weighted by Gasteiger charge is 2.41. The van der Waals surface area contributed by atoms with E-state index in [9.17, 15) is 13.2 Å².